The molecule has 1 spiro atoms. The molecule has 1 aromatic rings. The Balaban J connectivity index is 0.00000120. The van der Waals surface area contributed by atoms with Crippen LogP contribution in [-0.4, -0.2) is 12.0 Å². The van der Waals surface area contributed by atoms with Crippen molar-refractivity contribution in [1.82, 2.24) is 0 Å². The van der Waals surface area contributed by atoms with E-state index in [0.717, 1.165) is 5.69 Å². The molecule has 2 fully saturated rings. The second-order valence-corrected chi connectivity index (χ2v) is 5.52. The van der Waals surface area contributed by atoms with Gasteiger partial charge in [-0.15, -0.1) is 24.0 Å². The van der Waals surface area contributed by atoms with E-state index in [9.17, 15) is 0 Å². The molecule has 3 N–H and O–H groups in total. The number of nitrogens with two attached hydrogens (primary N) is 1. The molecule has 2 saturated carbocycles. The number of hydrogen-bond acceptors (Lipinski definition) is 1. The van der Waals surface area contributed by atoms with Gasteiger partial charge in [0, 0.05) is 5.69 Å². The molecule has 4 heteroatoms. The number of nitrogens with zero attached hydrogens (tertiary/aromatic N) is 1. The van der Waals surface area contributed by atoms with Gasteiger partial charge < -0.3 is 11.1 Å². The van der Waals surface area contributed by atoms with E-state index in [1.807, 2.05) is 6.07 Å². The van der Waals surface area contributed by atoms with Gasteiger partial charge in [0.15, 0.2) is 5.96 Å². The third-order valence-corrected chi connectivity index (χ3v) is 4.11. The lowest BCUT2D eigenvalue weighted by Crippen LogP contribution is -2.23. The SMILES string of the molecule is Cc1ccc(NC(N)=NC2CC23CC3)cc1C.I. The Hall–Kier alpha value is -0.780. The number of hydrogen-bond donors (Lipinski definition) is 2. The Morgan fingerprint density at radius 3 is 2.61 bits per heavy atom. The maximum Gasteiger partial charge on any atom is 0.193 e. The van der Waals surface area contributed by atoms with Crippen LogP contribution in [0.25, 0.3) is 0 Å². The maximum atomic E-state index is 5.92. The minimum absolute atomic E-state index is 0. The third-order valence-electron chi connectivity index (χ3n) is 4.11. The summed E-state index contributed by atoms with van der Waals surface area (Å²) in [6.07, 6.45) is 3.93. The van der Waals surface area contributed by atoms with Gasteiger partial charge in [0.25, 0.3) is 0 Å². The van der Waals surface area contributed by atoms with Crippen LogP contribution in [0.1, 0.15) is 30.4 Å². The summed E-state index contributed by atoms with van der Waals surface area (Å²) in [5, 5.41) is 3.17. The van der Waals surface area contributed by atoms with E-state index >= 15 is 0 Å². The van der Waals surface area contributed by atoms with Crippen LogP contribution >= 0.6 is 24.0 Å². The van der Waals surface area contributed by atoms with Crippen molar-refractivity contribution in [2.45, 2.75) is 39.2 Å². The highest BCUT2D eigenvalue weighted by Crippen LogP contribution is 2.67. The predicted molar refractivity (Wildman–Crippen MR) is 86.6 cm³/mol. The van der Waals surface area contributed by atoms with Gasteiger partial charge in [-0.25, -0.2) is 4.99 Å². The van der Waals surface area contributed by atoms with Gasteiger partial charge >= 0.3 is 0 Å². The van der Waals surface area contributed by atoms with Crippen molar-refractivity contribution in [2.24, 2.45) is 16.1 Å². The summed E-state index contributed by atoms with van der Waals surface area (Å²) in [5.74, 6) is 0.557. The van der Waals surface area contributed by atoms with Crippen LogP contribution in [-0.2, 0) is 0 Å². The van der Waals surface area contributed by atoms with E-state index in [0.29, 0.717) is 17.4 Å². The fraction of sp³-hybridized carbons (Fsp3) is 0.500. The summed E-state index contributed by atoms with van der Waals surface area (Å²) in [6, 6.07) is 6.74. The number of nitrogens with one attached hydrogen (secondary N) is 1. The van der Waals surface area contributed by atoms with Gasteiger partial charge in [0.1, 0.15) is 0 Å². The molecule has 0 aromatic heterocycles. The van der Waals surface area contributed by atoms with Crippen molar-refractivity contribution in [3.63, 3.8) is 0 Å². The van der Waals surface area contributed by atoms with Crippen molar-refractivity contribution in [1.29, 1.82) is 0 Å². The number of benzene rings is 1. The molecule has 2 aliphatic carbocycles. The van der Waals surface area contributed by atoms with E-state index in [4.69, 9.17) is 5.73 Å². The summed E-state index contributed by atoms with van der Waals surface area (Å²) in [5.41, 5.74) is 10.1. The van der Waals surface area contributed by atoms with E-state index in [1.54, 1.807) is 0 Å². The smallest absolute Gasteiger partial charge is 0.193 e. The van der Waals surface area contributed by atoms with Crippen LogP contribution in [0.15, 0.2) is 23.2 Å². The molecular formula is C14H20IN3. The predicted octanol–water partition coefficient (Wildman–Crippen LogP) is 3.20. The molecule has 98 valence electrons. The molecule has 3 rings (SSSR count). The summed E-state index contributed by atoms with van der Waals surface area (Å²) in [7, 11) is 0. The van der Waals surface area contributed by atoms with Gasteiger partial charge in [0.05, 0.1) is 6.04 Å². The zero-order valence-corrected chi connectivity index (χ0v) is 13.2. The molecule has 0 radical (unpaired) electrons. The molecule has 0 amide bonds. The van der Waals surface area contributed by atoms with Gasteiger partial charge in [-0.3, -0.25) is 0 Å². The first-order valence-electron chi connectivity index (χ1n) is 6.27. The monoisotopic (exact) mass is 357 g/mol. The topological polar surface area (TPSA) is 50.4 Å². The van der Waals surface area contributed by atoms with E-state index in [1.165, 1.54) is 30.4 Å². The number of anilines is 1. The first-order chi connectivity index (χ1) is 8.09. The Kier molecular flexibility index (Phi) is 3.58. The molecule has 0 aliphatic heterocycles. The Morgan fingerprint density at radius 2 is 2.06 bits per heavy atom. The molecule has 1 atom stereocenters. The largest absolute Gasteiger partial charge is 0.370 e. The fourth-order valence-electron chi connectivity index (χ4n) is 2.37. The lowest BCUT2D eigenvalue weighted by Gasteiger charge is -2.07. The highest BCUT2D eigenvalue weighted by molar-refractivity contribution is 14.0. The minimum atomic E-state index is 0. The zero-order chi connectivity index (χ0) is 12.0. The Bertz CT molecular complexity index is 492. The third kappa shape index (κ3) is 2.63. The van der Waals surface area contributed by atoms with Crippen molar-refractivity contribution >= 4 is 35.6 Å². The Morgan fingerprint density at radius 1 is 1.33 bits per heavy atom. The highest BCUT2D eigenvalue weighted by atomic mass is 127. The molecule has 1 unspecified atom stereocenters. The number of guanidine groups is 1. The van der Waals surface area contributed by atoms with Crippen molar-refractivity contribution in [3.05, 3.63) is 29.3 Å². The van der Waals surface area contributed by atoms with E-state index in [2.05, 4.69) is 36.3 Å². The molecule has 18 heavy (non-hydrogen) atoms. The van der Waals surface area contributed by atoms with Crippen LogP contribution in [0.2, 0.25) is 0 Å². The van der Waals surface area contributed by atoms with Crippen LogP contribution in [0, 0.1) is 19.3 Å². The second-order valence-electron chi connectivity index (χ2n) is 5.52. The standard InChI is InChI=1S/C14H19N3.HI/c1-9-3-4-11(7-10(9)2)16-13(15)17-12-8-14(12)5-6-14;/h3-4,7,12H,5-6,8H2,1-2H3,(H3,15,16,17);1H. The van der Waals surface area contributed by atoms with E-state index < -0.39 is 0 Å². The summed E-state index contributed by atoms with van der Waals surface area (Å²) >= 11 is 0. The number of rotatable bonds is 2. The highest BCUT2D eigenvalue weighted by Gasteiger charge is 2.63. The van der Waals surface area contributed by atoms with Gasteiger partial charge in [-0.05, 0) is 61.8 Å². The Labute approximate surface area is 125 Å². The molecule has 0 saturated heterocycles. The van der Waals surface area contributed by atoms with Crippen LogP contribution in [0.4, 0.5) is 5.69 Å². The van der Waals surface area contributed by atoms with Gasteiger partial charge in [-0.1, -0.05) is 6.07 Å². The molecular weight excluding hydrogens is 337 g/mol. The summed E-state index contributed by atoms with van der Waals surface area (Å²) in [4.78, 5) is 4.53. The van der Waals surface area contributed by atoms with Gasteiger partial charge in [-0.2, -0.15) is 0 Å². The summed E-state index contributed by atoms with van der Waals surface area (Å²) in [6.45, 7) is 4.21. The van der Waals surface area contributed by atoms with Crippen LogP contribution in [0.5, 0.6) is 0 Å². The number of aliphatic imine (C=N–C) groups is 1. The molecule has 3 nitrogen and oxygen atoms in total. The maximum absolute atomic E-state index is 5.92. The lowest BCUT2D eigenvalue weighted by atomic mass is 10.1. The average molecular weight is 357 g/mol. The summed E-state index contributed by atoms with van der Waals surface area (Å²) < 4.78 is 0. The molecule has 0 heterocycles. The normalized spacial score (nSPS) is 23.4. The van der Waals surface area contributed by atoms with Gasteiger partial charge in [0.2, 0.25) is 0 Å². The molecule has 0 bridgehead atoms. The lowest BCUT2D eigenvalue weighted by molar-refractivity contribution is 0.825. The van der Waals surface area contributed by atoms with Crippen molar-refractivity contribution in [2.75, 3.05) is 5.32 Å². The number of halogens is 1. The zero-order valence-electron chi connectivity index (χ0n) is 10.9. The average Bonchev–Trinajstić information content (AvgIpc) is 3.15. The minimum Gasteiger partial charge on any atom is -0.370 e. The quantitative estimate of drug-likeness (QED) is 0.485. The first-order valence-corrected chi connectivity index (χ1v) is 6.27. The molecule has 1 aromatic carbocycles. The van der Waals surface area contributed by atoms with E-state index in [-0.39, 0.29) is 24.0 Å². The molecule has 2 aliphatic rings. The number of aryl methyl sites for hydroxylation is 2. The fourth-order valence-corrected chi connectivity index (χ4v) is 2.37. The van der Waals surface area contributed by atoms with Crippen molar-refractivity contribution in [3.8, 4) is 0 Å². The van der Waals surface area contributed by atoms with Crippen LogP contribution < -0.4 is 11.1 Å². The van der Waals surface area contributed by atoms with Crippen molar-refractivity contribution < 1.29 is 0 Å². The first kappa shape index (κ1) is 13.6. The van der Waals surface area contributed by atoms with Crippen LogP contribution in [0.3, 0.4) is 0 Å². The second kappa shape index (κ2) is 4.72.